The third-order valence-electron chi connectivity index (χ3n) is 3.45. The molecule has 2 rings (SSSR count). The number of primary sulfonamides is 1. The molecule has 0 saturated carbocycles. The molecule has 6 nitrogen and oxygen atoms in total. The summed E-state index contributed by atoms with van der Waals surface area (Å²) in [6.45, 7) is 4.85. The highest BCUT2D eigenvalue weighted by Crippen LogP contribution is 2.42. The van der Waals surface area contributed by atoms with Gasteiger partial charge in [-0.25, -0.2) is 13.6 Å². The second-order valence-electron chi connectivity index (χ2n) is 4.92. The maximum Gasteiger partial charge on any atom is 0.239 e. The van der Waals surface area contributed by atoms with Gasteiger partial charge in [-0.05, 0) is 26.0 Å². The number of benzene rings is 1. The van der Waals surface area contributed by atoms with Crippen LogP contribution in [0.25, 0.3) is 0 Å². The predicted octanol–water partition coefficient (Wildman–Crippen LogP) is 2.65. The highest BCUT2D eigenvalue weighted by Gasteiger charge is 2.44. The Morgan fingerprint density at radius 3 is 2.54 bits per heavy atom. The molecule has 0 amide bonds. The third kappa shape index (κ3) is 3.95. The second-order valence-corrected chi connectivity index (χ2v) is 8.18. The summed E-state index contributed by atoms with van der Waals surface area (Å²) in [7, 11) is -4.07. The van der Waals surface area contributed by atoms with E-state index in [0.717, 1.165) is 0 Å². The van der Waals surface area contributed by atoms with Crippen LogP contribution in [0.15, 0.2) is 22.0 Å². The van der Waals surface area contributed by atoms with Crippen molar-refractivity contribution in [3.05, 3.63) is 27.7 Å². The zero-order chi connectivity index (χ0) is 17.4. The number of amidine groups is 1. The Kier molecular flexibility index (Phi) is 7.26. The molecule has 1 atom stereocenters. The minimum Gasteiger partial charge on any atom is -0.366 e. The van der Waals surface area contributed by atoms with Crippen LogP contribution < -0.4 is 5.14 Å². The Labute approximate surface area is 161 Å². The number of aliphatic hydroxyl groups is 1. The topological polar surface area (TPSA) is 96.0 Å². The van der Waals surface area contributed by atoms with Crippen LogP contribution in [0.5, 0.6) is 0 Å². The second kappa shape index (κ2) is 7.99. The molecule has 0 spiro atoms. The first-order valence-corrected chi connectivity index (χ1v) is 10.1. The lowest BCUT2D eigenvalue weighted by molar-refractivity contribution is -0.0455. The Balaban J connectivity index is 0.00000288. The minimum atomic E-state index is -4.07. The first kappa shape index (κ1) is 21.8. The SMILES string of the molecule is CCN=C1SCC(O)(c2cc(Cl)c(Cl)c(S(N)(=O)=O)c2)N1CC.Cl. The number of hydrogen-bond acceptors (Lipinski definition) is 5. The van der Waals surface area contributed by atoms with Crippen LogP contribution in [0.4, 0.5) is 0 Å². The van der Waals surface area contributed by atoms with Gasteiger partial charge in [0.15, 0.2) is 10.9 Å². The maximum atomic E-state index is 11.7. The van der Waals surface area contributed by atoms with Gasteiger partial charge in [0.25, 0.3) is 0 Å². The zero-order valence-electron chi connectivity index (χ0n) is 13.0. The Morgan fingerprint density at radius 1 is 1.42 bits per heavy atom. The average molecular weight is 435 g/mol. The van der Waals surface area contributed by atoms with E-state index in [-0.39, 0.29) is 27.3 Å². The molecule has 0 aliphatic carbocycles. The van der Waals surface area contributed by atoms with Crippen molar-refractivity contribution in [1.29, 1.82) is 0 Å². The molecule has 0 bridgehead atoms. The van der Waals surface area contributed by atoms with Crippen molar-refractivity contribution in [2.45, 2.75) is 24.5 Å². The van der Waals surface area contributed by atoms with E-state index in [0.29, 0.717) is 29.6 Å². The van der Waals surface area contributed by atoms with Crippen LogP contribution in [0.1, 0.15) is 19.4 Å². The fourth-order valence-corrected chi connectivity index (χ4v) is 5.05. The number of aliphatic imine (C=N–C) groups is 1. The quantitative estimate of drug-likeness (QED) is 0.759. The maximum absolute atomic E-state index is 11.7. The molecular weight excluding hydrogens is 417 g/mol. The molecular formula is C13H18Cl3N3O3S2. The summed E-state index contributed by atoms with van der Waals surface area (Å²) in [5.41, 5.74) is -1.12. The van der Waals surface area contributed by atoms with E-state index in [4.69, 9.17) is 28.3 Å². The molecule has 0 aromatic heterocycles. The molecule has 1 aliphatic rings. The number of nitrogens with zero attached hydrogens (tertiary/aromatic N) is 2. The number of nitrogens with two attached hydrogens (primary N) is 1. The van der Waals surface area contributed by atoms with Gasteiger partial charge >= 0.3 is 0 Å². The number of halogens is 3. The normalized spacial score (nSPS) is 22.8. The highest BCUT2D eigenvalue weighted by atomic mass is 35.5. The Bertz CT molecular complexity index is 758. The molecule has 1 heterocycles. The monoisotopic (exact) mass is 433 g/mol. The van der Waals surface area contributed by atoms with Crippen LogP contribution in [0, 0.1) is 0 Å². The standard InChI is InChI=1S/C13H17Cl2N3O3S2.ClH/c1-3-17-12-18(4-2)13(19,7-22-12)8-5-9(14)11(15)10(6-8)23(16,20)21;/h5-6,19H,3-4,7H2,1-2H3,(H2,16,20,21);1H. The van der Waals surface area contributed by atoms with Gasteiger partial charge in [0, 0.05) is 18.7 Å². The lowest BCUT2D eigenvalue weighted by atomic mass is 10.0. The fraction of sp³-hybridized carbons (Fsp3) is 0.462. The number of rotatable bonds is 4. The lowest BCUT2D eigenvalue weighted by Gasteiger charge is -2.34. The number of sulfonamides is 1. The van der Waals surface area contributed by atoms with E-state index in [1.54, 1.807) is 4.90 Å². The van der Waals surface area contributed by atoms with Gasteiger partial charge in [-0.1, -0.05) is 35.0 Å². The summed E-state index contributed by atoms with van der Waals surface area (Å²) in [4.78, 5) is 5.75. The smallest absolute Gasteiger partial charge is 0.239 e. The Morgan fingerprint density at radius 2 is 2.04 bits per heavy atom. The van der Waals surface area contributed by atoms with Crippen LogP contribution in [-0.2, 0) is 15.7 Å². The molecule has 1 aromatic carbocycles. The van der Waals surface area contributed by atoms with Gasteiger partial charge in [0.05, 0.1) is 15.8 Å². The van der Waals surface area contributed by atoms with Gasteiger partial charge in [0.1, 0.15) is 4.90 Å². The van der Waals surface area contributed by atoms with E-state index in [1.165, 1.54) is 23.9 Å². The van der Waals surface area contributed by atoms with Crippen molar-refractivity contribution in [2.75, 3.05) is 18.8 Å². The van der Waals surface area contributed by atoms with E-state index >= 15 is 0 Å². The molecule has 24 heavy (non-hydrogen) atoms. The van der Waals surface area contributed by atoms with Crippen LogP contribution in [0.3, 0.4) is 0 Å². The van der Waals surface area contributed by atoms with Gasteiger partial charge in [-0.2, -0.15) is 0 Å². The van der Waals surface area contributed by atoms with Crippen LogP contribution in [0.2, 0.25) is 10.0 Å². The molecule has 1 aliphatic heterocycles. The van der Waals surface area contributed by atoms with Gasteiger partial charge in [-0.3, -0.25) is 4.99 Å². The van der Waals surface area contributed by atoms with Crippen molar-refractivity contribution in [3.63, 3.8) is 0 Å². The van der Waals surface area contributed by atoms with Crippen molar-refractivity contribution in [2.24, 2.45) is 10.1 Å². The third-order valence-corrected chi connectivity index (χ3v) is 6.46. The minimum absolute atomic E-state index is 0. The summed E-state index contributed by atoms with van der Waals surface area (Å²) < 4.78 is 23.4. The predicted molar refractivity (Wildman–Crippen MR) is 102 cm³/mol. The van der Waals surface area contributed by atoms with Crippen molar-refractivity contribution < 1.29 is 13.5 Å². The fourth-order valence-electron chi connectivity index (χ4n) is 2.38. The molecule has 136 valence electrons. The van der Waals surface area contributed by atoms with E-state index in [2.05, 4.69) is 4.99 Å². The molecule has 11 heteroatoms. The van der Waals surface area contributed by atoms with Crippen molar-refractivity contribution in [3.8, 4) is 0 Å². The van der Waals surface area contributed by atoms with Crippen molar-refractivity contribution in [1.82, 2.24) is 4.90 Å². The molecule has 0 radical (unpaired) electrons. The summed E-state index contributed by atoms with van der Waals surface area (Å²) in [6.07, 6.45) is 0. The van der Waals surface area contributed by atoms with E-state index < -0.39 is 15.7 Å². The van der Waals surface area contributed by atoms with Gasteiger partial charge in [0.2, 0.25) is 10.0 Å². The molecule has 3 N–H and O–H groups in total. The summed E-state index contributed by atoms with van der Waals surface area (Å²) in [5, 5.41) is 16.9. The van der Waals surface area contributed by atoms with Crippen LogP contribution in [-0.4, -0.2) is 42.4 Å². The zero-order valence-corrected chi connectivity index (χ0v) is 17.0. The van der Waals surface area contributed by atoms with Crippen LogP contribution >= 0.6 is 47.4 Å². The Hall–Kier alpha value is -0.220. The lowest BCUT2D eigenvalue weighted by Crippen LogP contribution is -2.45. The van der Waals surface area contributed by atoms with Gasteiger partial charge < -0.3 is 10.0 Å². The molecule has 1 fully saturated rings. The average Bonchev–Trinajstić information content (AvgIpc) is 2.78. The van der Waals surface area contributed by atoms with Gasteiger partial charge in [-0.15, -0.1) is 12.4 Å². The highest BCUT2D eigenvalue weighted by molar-refractivity contribution is 8.14. The van der Waals surface area contributed by atoms with E-state index in [1.807, 2.05) is 13.8 Å². The largest absolute Gasteiger partial charge is 0.366 e. The summed E-state index contributed by atoms with van der Waals surface area (Å²) in [5.74, 6) is 0.293. The summed E-state index contributed by atoms with van der Waals surface area (Å²) >= 11 is 13.4. The molecule has 1 aromatic rings. The van der Waals surface area contributed by atoms with Crippen molar-refractivity contribution >= 4 is 62.6 Å². The van der Waals surface area contributed by atoms with E-state index in [9.17, 15) is 13.5 Å². The molecule has 1 saturated heterocycles. The molecule has 1 unspecified atom stereocenters. The summed E-state index contributed by atoms with van der Waals surface area (Å²) in [6, 6.07) is 2.72. The first-order chi connectivity index (χ1) is 10.6. The first-order valence-electron chi connectivity index (χ1n) is 6.84. The number of hydrogen-bond donors (Lipinski definition) is 2. The number of thioether (sulfide) groups is 1.